The van der Waals surface area contributed by atoms with E-state index in [-0.39, 0.29) is 11.7 Å². The zero-order valence-corrected chi connectivity index (χ0v) is 13.1. The number of fused-ring (bicyclic) bond motifs is 1. The molecule has 1 aromatic carbocycles. The van der Waals surface area contributed by atoms with Crippen molar-refractivity contribution in [2.75, 3.05) is 0 Å². The zero-order valence-electron chi connectivity index (χ0n) is 12.3. The van der Waals surface area contributed by atoms with Gasteiger partial charge in [-0.15, -0.1) is 11.3 Å². The van der Waals surface area contributed by atoms with Gasteiger partial charge in [-0.1, -0.05) is 19.1 Å². The van der Waals surface area contributed by atoms with Crippen LogP contribution in [0.3, 0.4) is 0 Å². The third-order valence-corrected chi connectivity index (χ3v) is 5.02. The lowest BCUT2D eigenvalue weighted by Gasteiger charge is -2.16. The van der Waals surface area contributed by atoms with Crippen LogP contribution >= 0.6 is 11.3 Å². The number of nitrogens with zero attached hydrogens (tertiary/aromatic N) is 1. The second-order valence-electron chi connectivity index (χ2n) is 5.66. The highest BCUT2D eigenvalue weighted by Gasteiger charge is 2.20. The minimum Gasteiger partial charge on any atom is -0.266 e. The van der Waals surface area contributed by atoms with E-state index in [1.807, 2.05) is 6.07 Å². The van der Waals surface area contributed by atoms with E-state index in [4.69, 9.17) is 0 Å². The predicted octanol–water partition coefficient (Wildman–Crippen LogP) is 3.78. The lowest BCUT2D eigenvalue weighted by molar-refractivity contribution is 0.0959. The molecule has 0 aliphatic heterocycles. The largest absolute Gasteiger partial charge is 0.281 e. The van der Waals surface area contributed by atoms with Gasteiger partial charge < -0.3 is 0 Å². The SMILES string of the molecule is C[C@H]1CCc2sc(C(=O)N/N=C\c3cccc(F)c3)cc2C1. The number of carbonyl (C=O) groups is 1. The maximum absolute atomic E-state index is 13.0. The van der Waals surface area contributed by atoms with Crippen LogP contribution in [-0.2, 0) is 12.8 Å². The number of nitrogens with one attached hydrogen (secondary N) is 1. The number of aryl methyl sites for hydroxylation is 1. The van der Waals surface area contributed by atoms with Gasteiger partial charge >= 0.3 is 0 Å². The standard InChI is InChI=1S/C17H17FN2OS/c1-11-5-6-15-13(7-11)9-16(22-15)17(21)20-19-10-12-3-2-4-14(18)8-12/h2-4,8-11H,5-7H2,1H3,(H,20,21)/b19-10-/t11-/m0/s1. The summed E-state index contributed by atoms with van der Waals surface area (Å²) >= 11 is 1.55. The van der Waals surface area contributed by atoms with E-state index in [2.05, 4.69) is 17.5 Å². The summed E-state index contributed by atoms with van der Waals surface area (Å²) in [4.78, 5) is 14.1. The van der Waals surface area contributed by atoms with Crippen molar-refractivity contribution in [1.29, 1.82) is 0 Å². The van der Waals surface area contributed by atoms with Gasteiger partial charge in [-0.2, -0.15) is 5.10 Å². The number of carbonyl (C=O) groups excluding carboxylic acids is 1. The third-order valence-electron chi connectivity index (χ3n) is 3.78. The van der Waals surface area contributed by atoms with Gasteiger partial charge in [-0.25, -0.2) is 9.82 Å². The average molecular weight is 316 g/mol. The Labute approximate surface area is 132 Å². The molecule has 0 fully saturated rings. The highest BCUT2D eigenvalue weighted by Crippen LogP contribution is 2.32. The minimum absolute atomic E-state index is 0.209. The van der Waals surface area contributed by atoms with E-state index in [0.29, 0.717) is 16.4 Å². The highest BCUT2D eigenvalue weighted by atomic mass is 32.1. The van der Waals surface area contributed by atoms with Crippen molar-refractivity contribution in [1.82, 2.24) is 5.43 Å². The number of rotatable bonds is 3. The van der Waals surface area contributed by atoms with Crippen LogP contribution in [0.2, 0.25) is 0 Å². The molecule has 3 nitrogen and oxygen atoms in total. The Hall–Kier alpha value is -2.01. The fraction of sp³-hybridized carbons (Fsp3) is 0.294. The summed E-state index contributed by atoms with van der Waals surface area (Å²) in [6.07, 6.45) is 4.73. The first kappa shape index (κ1) is 14.9. The van der Waals surface area contributed by atoms with Crippen molar-refractivity contribution in [3.05, 3.63) is 57.0 Å². The van der Waals surface area contributed by atoms with Crippen molar-refractivity contribution < 1.29 is 9.18 Å². The molecule has 5 heteroatoms. The molecular weight excluding hydrogens is 299 g/mol. The average Bonchev–Trinajstić information content (AvgIpc) is 2.90. The normalized spacial score (nSPS) is 17.5. The first-order chi connectivity index (χ1) is 10.6. The fourth-order valence-electron chi connectivity index (χ4n) is 2.63. The second kappa shape index (κ2) is 6.40. The van der Waals surface area contributed by atoms with Gasteiger partial charge in [0.1, 0.15) is 5.82 Å². The minimum atomic E-state index is -0.324. The van der Waals surface area contributed by atoms with Gasteiger partial charge in [0.15, 0.2) is 0 Å². The molecule has 22 heavy (non-hydrogen) atoms. The Kier molecular flexibility index (Phi) is 4.34. The molecule has 1 atom stereocenters. The molecule has 1 heterocycles. The Morgan fingerprint density at radius 3 is 3.14 bits per heavy atom. The van der Waals surface area contributed by atoms with Gasteiger partial charge in [0.05, 0.1) is 11.1 Å². The monoisotopic (exact) mass is 316 g/mol. The lowest BCUT2D eigenvalue weighted by atomic mass is 9.90. The summed E-state index contributed by atoms with van der Waals surface area (Å²) in [5.41, 5.74) is 4.41. The number of hydrogen-bond donors (Lipinski definition) is 1. The van der Waals surface area contributed by atoms with E-state index >= 15 is 0 Å². The first-order valence-corrected chi connectivity index (χ1v) is 8.14. The van der Waals surface area contributed by atoms with Crippen LogP contribution in [0.25, 0.3) is 0 Å². The summed E-state index contributed by atoms with van der Waals surface area (Å²) in [7, 11) is 0. The number of hydrazone groups is 1. The summed E-state index contributed by atoms with van der Waals surface area (Å²) in [5.74, 6) is 0.152. The summed E-state index contributed by atoms with van der Waals surface area (Å²) < 4.78 is 13.0. The first-order valence-electron chi connectivity index (χ1n) is 7.32. The number of amides is 1. The van der Waals surface area contributed by atoms with Crippen LogP contribution in [0.4, 0.5) is 4.39 Å². The van der Waals surface area contributed by atoms with Crippen LogP contribution in [0.1, 0.15) is 39.0 Å². The summed E-state index contributed by atoms with van der Waals surface area (Å²) in [6, 6.07) is 8.04. The summed E-state index contributed by atoms with van der Waals surface area (Å²) in [5, 5.41) is 3.90. The molecule has 0 unspecified atom stereocenters. The third kappa shape index (κ3) is 3.42. The molecule has 1 aromatic heterocycles. The molecule has 0 spiro atoms. The van der Waals surface area contributed by atoms with E-state index in [1.54, 1.807) is 23.5 Å². The number of benzene rings is 1. The van der Waals surface area contributed by atoms with E-state index in [1.165, 1.54) is 35.2 Å². The van der Waals surface area contributed by atoms with Crippen molar-refractivity contribution in [2.45, 2.75) is 26.2 Å². The van der Waals surface area contributed by atoms with Crippen molar-refractivity contribution >= 4 is 23.5 Å². The second-order valence-corrected chi connectivity index (χ2v) is 6.80. The molecule has 0 saturated carbocycles. The molecule has 1 amide bonds. The number of thiophene rings is 1. The fourth-order valence-corrected chi connectivity index (χ4v) is 3.72. The Balaban J connectivity index is 1.65. The molecule has 1 N–H and O–H groups in total. The van der Waals surface area contributed by atoms with Crippen LogP contribution in [-0.4, -0.2) is 12.1 Å². The molecule has 0 radical (unpaired) electrons. The van der Waals surface area contributed by atoms with Gasteiger partial charge in [-0.05, 0) is 54.5 Å². The molecule has 114 valence electrons. The van der Waals surface area contributed by atoms with Crippen LogP contribution < -0.4 is 5.43 Å². The number of halogens is 1. The van der Waals surface area contributed by atoms with Gasteiger partial charge in [0, 0.05) is 4.88 Å². The Morgan fingerprint density at radius 2 is 2.32 bits per heavy atom. The maximum atomic E-state index is 13.0. The van der Waals surface area contributed by atoms with Crippen molar-refractivity contribution in [3.8, 4) is 0 Å². The zero-order chi connectivity index (χ0) is 15.5. The quantitative estimate of drug-likeness (QED) is 0.679. The van der Waals surface area contributed by atoms with Gasteiger partial charge in [0.25, 0.3) is 5.91 Å². The Morgan fingerprint density at radius 1 is 1.45 bits per heavy atom. The van der Waals surface area contributed by atoms with E-state index in [0.717, 1.165) is 12.8 Å². The molecular formula is C17H17FN2OS. The molecule has 0 bridgehead atoms. The van der Waals surface area contributed by atoms with Crippen LogP contribution in [0.15, 0.2) is 35.4 Å². The van der Waals surface area contributed by atoms with Crippen molar-refractivity contribution in [3.63, 3.8) is 0 Å². The van der Waals surface area contributed by atoms with Gasteiger partial charge in [-0.3, -0.25) is 4.79 Å². The van der Waals surface area contributed by atoms with E-state index < -0.39 is 0 Å². The van der Waals surface area contributed by atoms with E-state index in [9.17, 15) is 9.18 Å². The Bertz CT molecular complexity index is 723. The predicted molar refractivity (Wildman–Crippen MR) is 87.0 cm³/mol. The molecule has 1 aliphatic rings. The topological polar surface area (TPSA) is 41.5 Å². The molecule has 3 rings (SSSR count). The smallest absolute Gasteiger partial charge is 0.266 e. The number of hydrogen-bond acceptors (Lipinski definition) is 3. The van der Waals surface area contributed by atoms with Crippen LogP contribution in [0, 0.1) is 11.7 Å². The molecule has 2 aromatic rings. The molecule has 1 aliphatic carbocycles. The highest BCUT2D eigenvalue weighted by molar-refractivity contribution is 7.14. The lowest BCUT2D eigenvalue weighted by Crippen LogP contribution is -2.16. The molecule has 0 saturated heterocycles. The maximum Gasteiger partial charge on any atom is 0.281 e. The van der Waals surface area contributed by atoms with Crippen molar-refractivity contribution in [2.24, 2.45) is 11.0 Å². The van der Waals surface area contributed by atoms with Crippen LogP contribution in [0.5, 0.6) is 0 Å². The summed E-state index contributed by atoms with van der Waals surface area (Å²) in [6.45, 7) is 2.24. The van der Waals surface area contributed by atoms with Gasteiger partial charge in [0.2, 0.25) is 0 Å².